The zero-order valence-corrected chi connectivity index (χ0v) is 11.3. The number of halogens is 2. The molecule has 0 unspecified atom stereocenters. The number of carbonyl (C=O) groups is 1. The number of hydrogen-bond acceptors (Lipinski definition) is 3. The molecule has 0 bridgehead atoms. The maximum Gasteiger partial charge on any atom is 0.221 e. The first kappa shape index (κ1) is 14.9. The van der Waals surface area contributed by atoms with E-state index in [-0.39, 0.29) is 11.9 Å². The van der Waals surface area contributed by atoms with Crippen molar-refractivity contribution in [2.75, 3.05) is 20.1 Å². The number of amides is 1. The lowest BCUT2D eigenvalue weighted by Gasteiger charge is -2.24. The summed E-state index contributed by atoms with van der Waals surface area (Å²) in [6, 6.07) is 3.58. The number of β-amino-alcohol motifs (C(OH)–C–C–N with tert-alkyl or cyclic N) is 1. The Morgan fingerprint density at radius 3 is 2.85 bits per heavy atom. The minimum absolute atomic E-state index is 0.0876. The topological polar surface area (TPSA) is 52.6 Å². The van der Waals surface area contributed by atoms with Crippen molar-refractivity contribution in [1.82, 2.24) is 10.2 Å². The Labute approximate surface area is 116 Å². The van der Waals surface area contributed by atoms with Gasteiger partial charge in [0.2, 0.25) is 5.91 Å². The maximum atomic E-state index is 13.3. The van der Waals surface area contributed by atoms with Crippen LogP contribution in [0.1, 0.15) is 24.4 Å². The van der Waals surface area contributed by atoms with E-state index in [9.17, 15) is 18.7 Å². The zero-order valence-electron chi connectivity index (χ0n) is 11.3. The standard InChI is InChI=1S/C14H18F2N2O2/c1-17-14(20)4-5-18-8-10(19)7-13(18)9-2-3-11(15)12(16)6-9/h2-3,6,10,13,19H,4-5,7-8H2,1H3,(H,17,20)/t10-,13-/m0/s1. The van der Waals surface area contributed by atoms with Gasteiger partial charge in [0.25, 0.3) is 0 Å². The summed E-state index contributed by atoms with van der Waals surface area (Å²) in [5, 5.41) is 12.3. The first-order valence-electron chi connectivity index (χ1n) is 6.59. The van der Waals surface area contributed by atoms with Gasteiger partial charge in [-0.3, -0.25) is 9.69 Å². The number of nitrogens with zero attached hydrogens (tertiary/aromatic N) is 1. The molecule has 1 aromatic rings. The van der Waals surface area contributed by atoms with E-state index in [1.54, 1.807) is 7.05 Å². The van der Waals surface area contributed by atoms with Crippen LogP contribution in [-0.4, -0.2) is 42.2 Å². The fourth-order valence-electron chi connectivity index (χ4n) is 2.56. The third-order valence-corrected chi connectivity index (χ3v) is 3.61. The van der Waals surface area contributed by atoms with E-state index in [4.69, 9.17) is 0 Å². The van der Waals surface area contributed by atoms with Gasteiger partial charge >= 0.3 is 0 Å². The molecule has 0 radical (unpaired) electrons. The Morgan fingerprint density at radius 1 is 1.45 bits per heavy atom. The molecule has 110 valence electrons. The molecule has 1 aliphatic rings. The number of nitrogens with one attached hydrogen (secondary N) is 1. The third-order valence-electron chi connectivity index (χ3n) is 3.61. The van der Waals surface area contributed by atoms with Gasteiger partial charge in [-0.25, -0.2) is 8.78 Å². The molecule has 0 saturated carbocycles. The summed E-state index contributed by atoms with van der Waals surface area (Å²) >= 11 is 0. The van der Waals surface area contributed by atoms with Gasteiger partial charge in [-0.2, -0.15) is 0 Å². The molecule has 0 aromatic heterocycles. The Morgan fingerprint density at radius 2 is 2.20 bits per heavy atom. The Balaban J connectivity index is 2.11. The van der Waals surface area contributed by atoms with E-state index in [1.807, 2.05) is 4.90 Å². The lowest BCUT2D eigenvalue weighted by Crippen LogP contribution is -2.30. The molecular weight excluding hydrogens is 266 g/mol. The first-order valence-corrected chi connectivity index (χ1v) is 6.59. The van der Waals surface area contributed by atoms with E-state index in [0.717, 1.165) is 12.1 Å². The van der Waals surface area contributed by atoms with Crippen molar-refractivity contribution in [3.8, 4) is 0 Å². The summed E-state index contributed by atoms with van der Waals surface area (Å²) < 4.78 is 26.3. The summed E-state index contributed by atoms with van der Waals surface area (Å²) in [5.41, 5.74) is 0.623. The number of hydrogen-bond donors (Lipinski definition) is 2. The van der Waals surface area contributed by atoms with E-state index < -0.39 is 17.7 Å². The van der Waals surface area contributed by atoms with Crippen LogP contribution in [-0.2, 0) is 4.79 Å². The lowest BCUT2D eigenvalue weighted by molar-refractivity contribution is -0.121. The number of carbonyl (C=O) groups excluding carboxylic acids is 1. The number of aliphatic hydroxyl groups is 1. The van der Waals surface area contributed by atoms with Gasteiger partial charge in [0.1, 0.15) is 0 Å². The monoisotopic (exact) mass is 284 g/mol. The molecule has 1 saturated heterocycles. The van der Waals surface area contributed by atoms with Crippen LogP contribution in [0.15, 0.2) is 18.2 Å². The molecule has 4 nitrogen and oxygen atoms in total. The van der Waals surface area contributed by atoms with Gasteiger partial charge in [0, 0.05) is 32.6 Å². The molecule has 2 atom stereocenters. The van der Waals surface area contributed by atoms with Crippen LogP contribution in [0.25, 0.3) is 0 Å². The van der Waals surface area contributed by atoms with Crippen molar-refractivity contribution in [3.63, 3.8) is 0 Å². The molecule has 1 amide bonds. The summed E-state index contributed by atoms with van der Waals surface area (Å²) in [6.07, 6.45) is 0.250. The van der Waals surface area contributed by atoms with Crippen LogP contribution in [0.5, 0.6) is 0 Å². The number of aliphatic hydroxyl groups excluding tert-OH is 1. The van der Waals surface area contributed by atoms with Gasteiger partial charge in [0.05, 0.1) is 6.10 Å². The molecule has 2 N–H and O–H groups in total. The van der Waals surface area contributed by atoms with E-state index >= 15 is 0 Å². The van der Waals surface area contributed by atoms with Crippen molar-refractivity contribution in [3.05, 3.63) is 35.4 Å². The number of rotatable bonds is 4. The third kappa shape index (κ3) is 3.32. The second kappa shape index (κ2) is 6.28. The molecule has 1 aliphatic heterocycles. The lowest BCUT2D eigenvalue weighted by atomic mass is 10.0. The molecule has 1 heterocycles. The molecule has 20 heavy (non-hydrogen) atoms. The molecule has 1 aromatic carbocycles. The summed E-state index contributed by atoms with van der Waals surface area (Å²) in [4.78, 5) is 13.2. The van der Waals surface area contributed by atoms with Gasteiger partial charge in [-0.1, -0.05) is 6.07 Å². The van der Waals surface area contributed by atoms with Crippen molar-refractivity contribution < 1.29 is 18.7 Å². The normalized spacial score (nSPS) is 23.0. The molecule has 6 heteroatoms. The van der Waals surface area contributed by atoms with Crippen LogP contribution >= 0.6 is 0 Å². The minimum atomic E-state index is -0.893. The second-order valence-electron chi connectivity index (χ2n) is 5.00. The van der Waals surface area contributed by atoms with Crippen LogP contribution in [0.2, 0.25) is 0 Å². The van der Waals surface area contributed by atoms with Crippen molar-refractivity contribution in [2.45, 2.75) is 25.0 Å². The van der Waals surface area contributed by atoms with Crippen molar-refractivity contribution in [2.24, 2.45) is 0 Å². The SMILES string of the molecule is CNC(=O)CCN1C[C@@H](O)C[C@H]1c1ccc(F)c(F)c1. The van der Waals surface area contributed by atoms with E-state index in [1.165, 1.54) is 6.07 Å². The van der Waals surface area contributed by atoms with Crippen molar-refractivity contribution in [1.29, 1.82) is 0 Å². The summed E-state index contributed by atoms with van der Waals surface area (Å²) in [7, 11) is 1.56. The molecule has 0 aliphatic carbocycles. The summed E-state index contributed by atoms with van der Waals surface area (Å²) in [6.45, 7) is 0.904. The predicted octanol–water partition coefficient (Wildman–Crippen LogP) is 1.21. The van der Waals surface area contributed by atoms with Gasteiger partial charge < -0.3 is 10.4 Å². The fraction of sp³-hybridized carbons (Fsp3) is 0.500. The fourth-order valence-corrected chi connectivity index (χ4v) is 2.56. The minimum Gasteiger partial charge on any atom is -0.392 e. The number of benzene rings is 1. The van der Waals surface area contributed by atoms with Gasteiger partial charge in [0.15, 0.2) is 11.6 Å². The van der Waals surface area contributed by atoms with Crippen LogP contribution in [0, 0.1) is 11.6 Å². The largest absolute Gasteiger partial charge is 0.392 e. The number of likely N-dealkylation sites (tertiary alicyclic amines) is 1. The quantitative estimate of drug-likeness (QED) is 0.874. The zero-order chi connectivity index (χ0) is 14.7. The molecule has 2 rings (SSSR count). The average Bonchev–Trinajstić information content (AvgIpc) is 2.80. The first-order chi connectivity index (χ1) is 9.51. The van der Waals surface area contributed by atoms with Gasteiger partial charge in [-0.05, 0) is 24.1 Å². The average molecular weight is 284 g/mol. The van der Waals surface area contributed by atoms with Crippen molar-refractivity contribution >= 4 is 5.91 Å². The van der Waals surface area contributed by atoms with Crippen LogP contribution < -0.4 is 5.32 Å². The molecular formula is C14H18F2N2O2. The van der Waals surface area contributed by atoms with Gasteiger partial charge in [-0.15, -0.1) is 0 Å². The highest BCUT2D eigenvalue weighted by Gasteiger charge is 2.32. The van der Waals surface area contributed by atoms with E-state index in [0.29, 0.717) is 31.5 Å². The second-order valence-corrected chi connectivity index (χ2v) is 5.00. The molecule has 1 fully saturated rings. The highest BCUT2D eigenvalue weighted by atomic mass is 19.2. The van der Waals surface area contributed by atoms with Crippen LogP contribution in [0.3, 0.4) is 0 Å². The highest BCUT2D eigenvalue weighted by molar-refractivity contribution is 5.75. The Hall–Kier alpha value is -1.53. The smallest absolute Gasteiger partial charge is 0.221 e. The van der Waals surface area contributed by atoms with E-state index in [2.05, 4.69) is 5.32 Å². The highest BCUT2D eigenvalue weighted by Crippen LogP contribution is 2.32. The Kier molecular flexibility index (Phi) is 4.67. The molecule has 0 spiro atoms. The van der Waals surface area contributed by atoms with Crippen LogP contribution in [0.4, 0.5) is 8.78 Å². The Bertz CT molecular complexity index is 496. The maximum absolute atomic E-state index is 13.3. The predicted molar refractivity (Wildman–Crippen MR) is 70.0 cm³/mol. The summed E-state index contributed by atoms with van der Waals surface area (Å²) in [5.74, 6) is -1.87.